The largest absolute Gasteiger partial charge is 0.505 e. The number of rotatable bonds is 5. The second-order valence-electron chi connectivity index (χ2n) is 7.05. The molecule has 4 N–H and O–H groups in total. The maximum Gasteiger partial charge on any atom is 0.338 e. The van der Waals surface area contributed by atoms with Crippen molar-refractivity contribution in [2.24, 2.45) is 0 Å². The smallest absolute Gasteiger partial charge is 0.338 e. The number of anilines is 1. The fraction of sp³-hybridized carbons (Fsp3) is 0.263. The highest BCUT2D eigenvalue weighted by molar-refractivity contribution is 9.10. The minimum absolute atomic E-state index is 0.0255. The zero-order valence-corrected chi connectivity index (χ0v) is 17.0. The minimum atomic E-state index is -0.758. The van der Waals surface area contributed by atoms with E-state index in [9.17, 15) is 23.5 Å². The molecule has 2 aromatic rings. The van der Waals surface area contributed by atoms with E-state index in [1.807, 2.05) is 0 Å². The van der Waals surface area contributed by atoms with Crippen LogP contribution in [0.15, 0.2) is 40.9 Å². The van der Waals surface area contributed by atoms with Gasteiger partial charge in [0.05, 0.1) is 17.8 Å². The third-order valence-corrected chi connectivity index (χ3v) is 5.05. The van der Waals surface area contributed by atoms with E-state index in [0.717, 1.165) is 5.01 Å². The van der Waals surface area contributed by atoms with Crippen LogP contribution in [0.1, 0.15) is 18.9 Å². The van der Waals surface area contributed by atoms with Crippen molar-refractivity contribution in [1.82, 2.24) is 15.8 Å². The number of benzene rings is 2. The summed E-state index contributed by atoms with van der Waals surface area (Å²) in [7, 11) is 0. The molecular formula is C19H19BrF2N4O3. The van der Waals surface area contributed by atoms with E-state index in [2.05, 4.69) is 32.0 Å². The first-order valence-electron chi connectivity index (χ1n) is 8.75. The van der Waals surface area contributed by atoms with Gasteiger partial charge in [-0.1, -0.05) is 22.0 Å². The Morgan fingerprint density at radius 1 is 1.28 bits per heavy atom. The summed E-state index contributed by atoms with van der Waals surface area (Å²) >= 11 is 3.13. The lowest BCUT2D eigenvalue weighted by Crippen LogP contribution is -2.46. The molecule has 1 heterocycles. The molecule has 1 saturated heterocycles. The van der Waals surface area contributed by atoms with Gasteiger partial charge in [0.2, 0.25) is 0 Å². The average molecular weight is 469 g/mol. The fourth-order valence-electron chi connectivity index (χ4n) is 3.01. The van der Waals surface area contributed by atoms with Crippen molar-refractivity contribution in [2.75, 3.05) is 11.9 Å². The first-order valence-corrected chi connectivity index (χ1v) is 9.54. The van der Waals surface area contributed by atoms with Crippen molar-refractivity contribution in [3.8, 4) is 5.75 Å². The summed E-state index contributed by atoms with van der Waals surface area (Å²) in [5.74, 6) is -1.74. The number of hydrogen-bond acceptors (Lipinski definition) is 3. The van der Waals surface area contributed by atoms with Crippen LogP contribution in [0, 0.1) is 11.6 Å². The Kier molecular flexibility index (Phi) is 5.92. The van der Waals surface area contributed by atoms with Gasteiger partial charge in [0.15, 0.2) is 11.6 Å². The van der Waals surface area contributed by atoms with Crippen LogP contribution in [0.25, 0.3) is 0 Å². The first-order chi connectivity index (χ1) is 13.6. The number of hydrazine groups is 1. The van der Waals surface area contributed by atoms with Gasteiger partial charge in [-0.05, 0) is 55.7 Å². The molecule has 1 atom stereocenters. The van der Waals surface area contributed by atoms with Crippen molar-refractivity contribution < 1.29 is 23.5 Å². The SMILES string of the molecule is CC1(CCc2ccc(O)c(F)c2)CN(NC(=O)Nc2ccc(Br)cc2F)C(=O)N1. The van der Waals surface area contributed by atoms with Crippen LogP contribution in [-0.4, -0.2) is 34.3 Å². The number of nitrogens with zero attached hydrogens (tertiary/aromatic N) is 1. The molecule has 7 nitrogen and oxygen atoms in total. The Bertz CT molecular complexity index is 959. The van der Waals surface area contributed by atoms with E-state index in [1.165, 1.54) is 24.3 Å². The fourth-order valence-corrected chi connectivity index (χ4v) is 3.34. The first kappa shape index (κ1) is 20.8. The lowest BCUT2D eigenvalue weighted by molar-refractivity contribution is 0.189. The summed E-state index contributed by atoms with van der Waals surface area (Å²) in [6, 6.07) is 7.04. The van der Waals surface area contributed by atoms with E-state index in [-0.39, 0.29) is 12.2 Å². The summed E-state index contributed by atoms with van der Waals surface area (Å²) in [5, 5.41) is 15.5. The van der Waals surface area contributed by atoms with Crippen LogP contribution < -0.4 is 16.1 Å². The normalized spacial score (nSPS) is 18.5. The molecule has 1 aliphatic heterocycles. The average Bonchev–Trinajstić information content (AvgIpc) is 2.92. The third kappa shape index (κ3) is 5.14. The number of nitrogens with one attached hydrogen (secondary N) is 3. The van der Waals surface area contributed by atoms with Gasteiger partial charge < -0.3 is 15.7 Å². The van der Waals surface area contributed by atoms with E-state index in [4.69, 9.17) is 0 Å². The van der Waals surface area contributed by atoms with E-state index in [0.29, 0.717) is 22.9 Å². The molecule has 0 aromatic heterocycles. The molecule has 0 saturated carbocycles. The maximum atomic E-state index is 13.8. The molecule has 2 aromatic carbocycles. The number of amides is 4. The molecule has 4 amide bonds. The molecule has 154 valence electrons. The monoisotopic (exact) mass is 468 g/mol. The number of aryl methyl sites for hydroxylation is 1. The van der Waals surface area contributed by atoms with Gasteiger partial charge in [0.1, 0.15) is 5.82 Å². The van der Waals surface area contributed by atoms with Crippen molar-refractivity contribution in [3.05, 3.63) is 58.1 Å². The van der Waals surface area contributed by atoms with Crippen LogP contribution in [0.2, 0.25) is 0 Å². The molecule has 3 rings (SSSR count). The van der Waals surface area contributed by atoms with Gasteiger partial charge in [0.25, 0.3) is 0 Å². The van der Waals surface area contributed by atoms with E-state index in [1.54, 1.807) is 19.1 Å². The van der Waals surface area contributed by atoms with Crippen LogP contribution >= 0.6 is 15.9 Å². The topological polar surface area (TPSA) is 93.7 Å². The van der Waals surface area contributed by atoms with Gasteiger partial charge in [0, 0.05) is 4.47 Å². The number of halogens is 3. The van der Waals surface area contributed by atoms with Crippen LogP contribution in [0.5, 0.6) is 5.75 Å². The highest BCUT2D eigenvalue weighted by Crippen LogP contribution is 2.23. The molecule has 10 heteroatoms. The number of phenolic OH excluding ortho intramolecular Hbond substituents is 1. The number of phenols is 1. The number of urea groups is 2. The van der Waals surface area contributed by atoms with E-state index < -0.39 is 35.0 Å². The Morgan fingerprint density at radius 2 is 2.03 bits per heavy atom. The molecule has 29 heavy (non-hydrogen) atoms. The third-order valence-electron chi connectivity index (χ3n) is 4.55. The summed E-state index contributed by atoms with van der Waals surface area (Å²) in [5.41, 5.74) is 2.37. The summed E-state index contributed by atoms with van der Waals surface area (Å²) in [6.07, 6.45) is 0.933. The number of carbonyl (C=O) groups excluding carboxylic acids is 2. The molecular weight excluding hydrogens is 450 g/mol. The van der Waals surface area contributed by atoms with Gasteiger partial charge in [-0.2, -0.15) is 0 Å². The standard InChI is InChI=1S/C19H19BrF2N4O3/c1-19(7-6-11-2-5-16(27)14(22)8-11)10-26(18(29)24-19)25-17(28)23-15-4-3-12(20)9-13(15)21/h2-5,8-9,27H,6-7,10H2,1H3,(H,24,29)(H2,23,25,28). The zero-order valence-electron chi connectivity index (χ0n) is 15.4. The molecule has 0 radical (unpaired) electrons. The number of carbonyl (C=O) groups is 2. The Hall–Kier alpha value is -2.88. The number of aromatic hydroxyl groups is 1. The Balaban J connectivity index is 1.57. The van der Waals surface area contributed by atoms with Crippen molar-refractivity contribution >= 4 is 33.7 Å². The minimum Gasteiger partial charge on any atom is -0.505 e. The second-order valence-corrected chi connectivity index (χ2v) is 7.97. The molecule has 1 aliphatic rings. The lowest BCUT2D eigenvalue weighted by atomic mass is 9.94. The van der Waals surface area contributed by atoms with Crippen molar-refractivity contribution in [3.63, 3.8) is 0 Å². The van der Waals surface area contributed by atoms with Gasteiger partial charge in [-0.25, -0.2) is 28.8 Å². The molecule has 1 fully saturated rings. The van der Waals surface area contributed by atoms with Crippen LogP contribution in [0.4, 0.5) is 24.1 Å². The van der Waals surface area contributed by atoms with E-state index >= 15 is 0 Å². The maximum absolute atomic E-state index is 13.8. The highest BCUT2D eigenvalue weighted by atomic mass is 79.9. The lowest BCUT2D eigenvalue weighted by Gasteiger charge is -2.23. The van der Waals surface area contributed by atoms with Crippen LogP contribution in [-0.2, 0) is 6.42 Å². The quantitative estimate of drug-likeness (QED) is 0.536. The number of hydrogen-bond donors (Lipinski definition) is 4. The summed E-state index contributed by atoms with van der Waals surface area (Å²) in [4.78, 5) is 24.3. The van der Waals surface area contributed by atoms with Crippen molar-refractivity contribution in [2.45, 2.75) is 25.3 Å². The molecule has 1 unspecified atom stereocenters. The predicted octanol–water partition coefficient (Wildman–Crippen LogP) is 3.89. The zero-order chi connectivity index (χ0) is 21.2. The molecule has 0 aliphatic carbocycles. The van der Waals surface area contributed by atoms with Crippen molar-refractivity contribution in [1.29, 1.82) is 0 Å². The molecule has 0 bridgehead atoms. The Morgan fingerprint density at radius 3 is 2.72 bits per heavy atom. The van der Waals surface area contributed by atoms with Gasteiger partial charge >= 0.3 is 12.1 Å². The van der Waals surface area contributed by atoms with Crippen LogP contribution in [0.3, 0.4) is 0 Å². The summed E-state index contributed by atoms with van der Waals surface area (Å²) < 4.78 is 27.8. The van der Waals surface area contributed by atoms with Gasteiger partial charge in [-0.15, -0.1) is 0 Å². The second kappa shape index (κ2) is 8.24. The Labute approximate surface area is 174 Å². The summed E-state index contributed by atoms with van der Waals surface area (Å²) in [6.45, 7) is 1.97. The van der Waals surface area contributed by atoms with Gasteiger partial charge in [-0.3, -0.25) is 0 Å². The molecule has 0 spiro atoms. The predicted molar refractivity (Wildman–Crippen MR) is 106 cm³/mol. The highest BCUT2D eigenvalue weighted by Gasteiger charge is 2.39.